The molecule has 1 heterocycles. The molecule has 42 heavy (non-hydrogen) atoms. The lowest BCUT2D eigenvalue weighted by Gasteiger charge is -2.41. The maximum atomic E-state index is 15.1. The molecule has 2 aromatic rings. The van der Waals surface area contributed by atoms with Gasteiger partial charge in [-0.05, 0) is 80.9 Å². The zero-order valence-electron chi connectivity index (χ0n) is 23.6. The summed E-state index contributed by atoms with van der Waals surface area (Å²) in [6.45, 7) is 3.55. The molecule has 3 fully saturated rings. The Morgan fingerprint density at radius 2 is 1.24 bits per heavy atom. The smallest absolute Gasteiger partial charge is 0.400 e. The maximum Gasteiger partial charge on any atom is 0.400 e. The lowest BCUT2D eigenvalue weighted by atomic mass is 9.76. The first-order valence-corrected chi connectivity index (χ1v) is 14.9. The number of alkyl halides is 2. The number of halogens is 7. The van der Waals surface area contributed by atoms with E-state index < -0.39 is 58.7 Å². The van der Waals surface area contributed by atoms with Crippen molar-refractivity contribution < 1.29 is 44.9 Å². The molecule has 2 aromatic carbocycles. The van der Waals surface area contributed by atoms with E-state index in [-0.39, 0.29) is 37.2 Å². The largest absolute Gasteiger partial charge is 0.432 e. The zero-order valence-corrected chi connectivity index (χ0v) is 23.6. The maximum absolute atomic E-state index is 15.1. The quantitative estimate of drug-likeness (QED) is 0.223. The van der Waals surface area contributed by atoms with Crippen LogP contribution in [0.15, 0.2) is 24.3 Å². The highest BCUT2D eigenvalue weighted by Crippen LogP contribution is 2.43. The first-order valence-electron chi connectivity index (χ1n) is 14.9. The fourth-order valence-electron chi connectivity index (χ4n) is 6.70. The predicted molar refractivity (Wildman–Crippen MR) is 141 cm³/mol. The van der Waals surface area contributed by atoms with E-state index >= 15 is 8.78 Å². The van der Waals surface area contributed by atoms with Gasteiger partial charge in [0, 0.05) is 29.5 Å². The number of rotatable bonds is 8. The standard InChI is InChI=1S/C32H37F7O3/c1-18-2-5-20(6-3-18)22-16-40-31(41-17-22)21-7-9-23(10-8-21)32(38,39)42-24-14-26(33)25(27(34)15-24)11-4-19-12-28(35)30(37)29(36)13-19/h12-15,18,20-23,31H,2-11,16-17H2,1H3. The van der Waals surface area contributed by atoms with Crippen LogP contribution in [0.4, 0.5) is 30.7 Å². The number of hydrogen-bond donors (Lipinski definition) is 0. The van der Waals surface area contributed by atoms with Gasteiger partial charge in [-0.2, -0.15) is 8.78 Å². The summed E-state index contributed by atoms with van der Waals surface area (Å²) < 4.78 is 116. The van der Waals surface area contributed by atoms with Crippen molar-refractivity contribution in [3.63, 3.8) is 0 Å². The van der Waals surface area contributed by atoms with Crippen LogP contribution in [-0.4, -0.2) is 25.6 Å². The van der Waals surface area contributed by atoms with Crippen LogP contribution in [0.25, 0.3) is 0 Å². The molecule has 3 nitrogen and oxygen atoms in total. The number of ether oxygens (including phenoxy) is 3. The van der Waals surface area contributed by atoms with Crippen LogP contribution in [0, 0.1) is 58.7 Å². The van der Waals surface area contributed by atoms with Gasteiger partial charge in [0.05, 0.1) is 19.1 Å². The first-order chi connectivity index (χ1) is 20.0. The van der Waals surface area contributed by atoms with Crippen LogP contribution in [0.2, 0.25) is 0 Å². The lowest BCUT2D eigenvalue weighted by molar-refractivity contribution is -0.251. The van der Waals surface area contributed by atoms with Crippen LogP contribution in [0.1, 0.15) is 69.4 Å². The molecule has 0 spiro atoms. The predicted octanol–water partition coefficient (Wildman–Crippen LogP) is 8.76. The average molecular weight is 603 g/mol. The van der Waals surface area contributed by atoms with Gasteiger partial charge < -0.3 is 14.2 Å². The lowest BCUT2D eigenvalue weighted by Crippen LogP contribution is -2.43. The van der Waals surface area contributed by atoms with E-state index in [9.17, 15) is 22.0 Å². The average Bonchev–Trinajstić information content (AvgIpc) is 2.96. The van der Waals surface area contributed by atoms with Crippen molar-refractivity contribution in [2.75, 3.05) is 13.2 Å². The molecule has 2 saturated carbocycles. The Labute approximate surface area is 241 Å². The van der Waals surface area contributed by atoms with Gasteiger partial charge in [-0.25, -0.2) is 22.0 Å². The zero-order chi connectivity index (χ0) is 30.0. The molecular weight excluding hydrogens is 565 g/mol. The highest BCUT2D eigenvalue weighted by atomic mass is 19.3. The van der Waals surface area contributed by atoms with E-state index in [0.29, 0.717) is 50.0 Å². The second kappa shape index (κ2) is 13.1. The molecule has 3 aliphatic rings. The van der Waals surface area contributed by atoms with Crippen LogP contribution in [0.3, 0.4) is 0 Å². The third-order valence-electron chi connectivity index (χ3n) is 9.38. The molecule has 0 bridgehead atoms. The minimum Gasteiger partial charge on any atom is -0.432 e. The van der Waals surface area contributed by atoms with Crippen LogP contribution in [0.5, 0.6) is 5.75 Å². The van der Waals surface area contributed by atoms with Gasteiger partial charge in [0.2, 0.25) is 0 Å². The highest BCUT2D eigenvalue weighted by molar-refractivity contribution is 5.32. The minimum atomic E-state index is -3.65. The van der Waals surface area contributed by atoms with Crippen molar-refractivity contribution in [3.8, 4) is 5.75 Å². The Balaban J connectivity index is 1.11. The molecule has 0 N–H and O–H groups in total. The third-order valence-corrected chi connectivity index (χ3v) is 9.38. The Bertz CT molecular complexity index is 1170. The topological polar surface area (TPSA) is 27.7 Å². The summed E-state index contributed by atoms with van der Waals surface area (Å²) in [7, 11) is 0. The van der Waals surface area contributed by atoms with Gasteiger partial charge in [0.1, 0.15) is 17.4 Å². The van der Waals surface area contributed by atoms with E-state index in [1.807, 2.05) is 0 Å². The van der Waals surface area contributed by atoms with Crippen molar-refractivity contribution in [1.29, 1.82) is 0 Å². The van der Waals surface area contributed by atoms with E-state index in [0.717, 1.165) is 18.1 Å². The fraction of sp³-hybridized carbons (Fsp3) is 0.625. The van der Waals surface area contributed by atoms with Crippen molar-refractivity contribution >= 4 is 0 Å². The second-order valence-corrected chi connectivity index (χ2v) is 12.3. The van der Waals surface area contributed by atoms with Gasteiger partial charge in [-0.3, -0.25) is 0 Å². The summed E-state index contributed by atoms with van der Waals surface area (Å²) in [5.41, 5.74) is -0.459. The Kier molecular flexibility index (Phi) is 9.72. The second-order valence-electron chi connectivity index (χ2n) is 12.3. The van der Waals surface area contributed by atoms with Crippen molar-refractivity contribution in [2.45, 2.75) is 83.5 Å². The number of aryl methyl sites for hydroxylation is 1. The molecule has 2 aliphatic carbocycles. The molecule has 0 aromatic heterocycles. The van der Waals surface area contributed by atoms with Gasteiger partial charge in [-0.1, -0.05) is 19.8 Å². The number of hydrogen-bond acceptors (Lipinski definition) is 3. The Morgan fingerprint density at radius 3 is 1.81 bits per heavy atom. The van der Waals surface area contributed by atoms with Crippen LogP contribution in [-0.2, 0) is 22.3 Å². The third kappa shape index (κ3) is 7.24. The van der Waals surface area contributed by atoms with Crippen LogP contribution < -0.4 is 4.74 Å². The van der Waals surface area contributed by atoms with Crippen molar-refractivity contribution in [3.05, 3.63) is 64.5 Å². The summed E-state index contributed by atoms with van der Waals surface area (Å²) in [4.78, 5) is 0. The highest BCUT2D eigenvalue weighted by Gasteiger charge is 2.46. The normalized spacial score (nSPS) is 29.0. The van der Waals surface area contributed by atoms with Gasteiger partial charge >= 0.3 is 6.11 Å². The summed E-state index contributed by atoms with van der Waals surface area (Å²) in [6, 6.07) is 2.83. The van der Waals surface area contributed by atoms with Crippen molar-refractivity contribution in [1.82, 2.24) is 0 Å². The molecule has 232 valence electrons. The summed E-state index contributed by atoms with van der Waals surface area (Å²) in [6.07, 6.45) is 1.51. The summed E-state index contributed by atoms with van der Waals surface area (Å²) in [5, 5.41) is 0. The Hall–Kier alpha value is -2.33. The van der Waals surface area contributed by atoms with E-state index in [2.05, 4.69) is 6.92 Å². The van der Waals surface area contributed by atoms with E-state index in [1.54, 1.807) is 0 Å². The first kappa shape index (κ1) is 31.1. The molecule has 0 atom stereocenters. The SMILES string of the molecule is CC1CCC(C2COC(C3CCC(C(F)(F)Oc4cc(F)c(CCc5cc(F)c(F)c(F)c5)c(F)c4)CC3)OC2)CC1. The molecule has 10 heteroatoms. The van der Waals surface area contributed by atoms with E-state index in [4.69, 9.17) is 14.2 Å². The molecule has 0 radical (unpaired) electrons. The van der Waals surface area contributed by atoms with Crippen molar-refractivity contribution in [2.24, 2.45) is 29.6 Å². The number of benzene rings is 2. The molecule has 1 saturated heterocycles. The monoisotopic (exact) mass is 602 g/mol. The van der Waals surface area contributed by atoms with Gasteiger partial charge in [0.15, 0.2) is 23.7 Å². The minimum absolute atomic E-state index is 0.00149. The van der Waals surface area contributed by atoms with Gasteiger partial charge in [0.25, 0.3) is 0 Å². The molecule has 5 rings (SSSR count). The van der Waals surface area contributed by atoms with Gasteiger partial charge in [-0.15, -0.1) is 0 Å². The molecule has 1 aliphatic heterocycles. The van der Waals surface area contributed by atoms with E-state index in [1.165, 1.54) is 25.7 Å². The molecule has 0 unspecified atom stereocenters. The van der Waals surface area contributed by atoms with Crippen LogP contribution >= 0.6 is 0 Å². The molecular formula is C32H37F7O3. The Morgan fingerprint density at radius 1 is 0.690 bits per heavy atom. The molecule has 0 amide bonds. The summed E-state index contributed by atoms with van der Waals surface area (Å²) in [5.74, 6) is -6.74. The fourth-order valence-corrected chi connectivity index (χ4v) is 6.70. The summed E-state index contributed by atoms with van der Waals surface area (Å²) >= 11 is 0.